The molecule has 0 fully saturated rings. The SMILES string of the molecule is O=C1C=S=C(c2ccccc2)S1. The van der Waals surface area contributed by atoms with Gasteiger partial charge in [-0.15, -0.1) is 10.9 Å². The van der Waals surface area contributed by atoms with Gasteiger partial charge in [0.25, 0.3) is 0 Å². The van der Waals surface area contributed by atoms with Crippen molar-refractivity contribution < 1.29 is 4.79 Å². The third-order valence-corrected chi connectivity index (χ3v) is 3.67. The van der Waals surface area contributed by atoms with Crippen molar-refractivity contribution in [1.82, 2.24) is 0 Å². The van der Waals surface area contributed by atoms with Gasteiger partial charge < -0.3 is 0 Å². The van der Waals surface area contributed by atoms with Crippen molar-refractivity contribution in [1.29, 1.82) is 0 Å². The summed E-state index contributed by atoms with van der Waals surface area (Å²) in [5.74, 6) is 0. The monoisotopic (exact) mass is 194 g/mol. The molecule has 1 nitrogen and oxygen atoms in total. The predicted molar refractivity (Wildman–Crippen MR) is 56.8 cm³/mol. The summed E-state index contributed by atoms with van der Waals surface area (Å²) in [5, 5.41) is 1.78. The number of hydrogen-bond donors (Lipinski definition) is 0. The fourth-order valence-electron chi connectivity index (χ4n) is 0.942. The van der Waals surface area contributed by atoms with Crippen LogP contribution in [0.1, 0.15) is 5.56 Å². The van der Waals surface area contributed by atoms with Crippen LogP contribution in [0.15, 0.2) is 30.3 Å². The molecule has 0 N–H and O–H groups in total. The third kappa shape index (κ3) is 1.52. The maximum Gasteiger partial charge on any atom is 0.227 e. The van der Waals surface area contributed by atoms with Crippen molar-refractivity contribution in [2.75, 3.05) is 0 Å². The molecule has 0 amide bonds. The van der Waals surface area contributed by atoms with E-state index in [4.69, 9.17) is 0 Å². The van der Waals surface area contributed by atoms with E-state index in [0.717, 1.165) is 9.76 Å². The average Bonchev–Trinajstić information content (AvgIpc) is 2.54. The van der Waals surface area contributed by atoms with Gasteiger partial charge >= 0.3 is 0 Å². The van der Waals surface area contributed by atoms with Crippen LogP contribution in [0.4, 0.5) is 0 Å². The second kappa shape index (κ2) is 3.29. The van der Waals surface area contributed by atoms with Crippen LogP contribution in [0.25, 0.3) is 0 Å². The van der Waals surface area contributed by atoms with Crippen molar-refractivity contribution in [3.8, 4) is 0 Å². The topological polar surface area (TPSA) is 17.1 Å². The molecule has 1 aromatic carbocycles. The molecule has 60 valence electrons. The first kappa shape index (κ1) is 7.83. The Hall–Kier alpha value is -0.800. The highest BCUT2D eigenvalue weighted by Gasteiger charge is 2.10. The third-order valence-electron chi connectivity index (χ3n) is 1.46. The van der Waals surface area contributed by atoms with E-state index in [1.807, 2.05) is 30.3 Å². The van der Waals surface area contributed by atoms with E-state index < -0.39 is 0 Å². The molecule has 0 aromatic heterocycles. The Labute approximate surface area is 78.3 Å². The highest BCUT2D eigenvalue weighted by atomic mass is 32.2. The zero-order chi connectivity index (χ0) is 8.39. The number of benzene rings is 1. The van der Waals surface area contributed by atoms with Gasteiger partial charge in [0.1, 0.15) is 0 Å². The molecule has 0 aliphatic carbocycles. The molecule has 0 saturated carbocycles. The Bertz CT molecular complexity index is 375. The Morgan fingerprint density at radius 1 is 1.08 bits per heavy atom. The quantitative estimate of drug-likeness (QED) is 0.636. The molecular formula is C9H6OS2. The van der Waals surface area contributed by atoms with Gasteiger partial charge in [0, 0.05) is 5.37 Å². The number of rotatable bonds is 1. The van der Waals surface area contributed by atoms with E-state index in [2.05, 4.69) is 0 Å². The molecule has 12 heavy (non-hydrogen) atoms. The van der Waals surface area contributed by atoms with E-state index in [0.29, 0.717) is 0 Å². The summed E-state index contributed by atoms with van der Waals surface area (Å²) in [7, 11) is 1.51. The van der Waals surface area contributed by atoms with E-state index in [1.165, 1.54) is 22.7 Å². The lowest BCUT2D eigenvalue weighted by atomic mass is 10.2. The smallest absolute Gasteiger partial charge is 0.227 e. The molecule has 3 heteroatoms. The minimum Gasteiger partial charge on any atom is -0.281 e. The summed E-state index contributed by atoms with van der Waals surface area (Å²) >= 11 is 1.30. The van der Waals surface area contributed by atoms with Gasteiger partial charge in [-0.3, -0.25) is 4.79 Å². The van der Waals surface area contributed by atoms with Crippen LogP contribution in [0.5, 0.6) is 0 Å². The van der Waals surface area contributed by atoms with Crippen LogP contribution in [-0.4, -0.2) is 14.7 Å². The van der Waals surface area contributed by atoms with Gasteiger partial charge in [-0.25, -0.2) is 0 Å². The van der Waals surface area contributed by atoms with Crippen LogP contribution in [0, 0.1) is 0 Å². The van der Waals surface area contributed by atoms with Crippen LogP contribution < -0.4 is 0 Å². The zero-order valence-corrected chi connectivity index (χ0v) is 7.82. The Kier molecular flexibility index (Phi) is 2.15. The van der Waals surface area contributed by atoms with Crippen molar-refractivity contribution in [2.45, 2.75) is 0 Å². The maximum absolute atomic E-state index is 10.9. The largest absolute Gasteiger partial charge is 0.281 e. The fraction of sp³-hybridized carbons (Fsp3) is 0. The zero-order valence-electron chi connectivity index (χ0n) is 6.19. The second-order valence-corrected chi connectivity index (χ2v) is 4.46. The molecule has 0 radical (unpaired) electrons. The van der Waals surface area contributed by atoms with Crippen LogP contribution in [-0.2, 0) is 4.79 Å². The van der Waals surface area contributed by atoms with Crippen molar-refractivity contribution in [3.63, 3.8) is 0 Å². The molecule has 0 bridgehead atoms. The molecule has 0 saturated heterocycles. The first-order valence-corrected chi connectivity index (χ1v) is 5.20. The highest BCUT2D eigenvalue weighted by Crippen LogP contribution is 2.19. The maximum atomic E-state index is 10.9. The van der Waals surface area contributed by atoms with Gasteiger partial charge in [0.2, 0.25) is 5.12 Å². The lowest BCUT2D eigenvalue weighted by molar-refractivity contribution is -0.105. The van der Waals surface area contributed by atoms with Crippen LogP contribution in [0.3, 0.4) is 0 Å². The van der Waals surface area contributed by atoms with Gasteiger partial charge in [-0.1, -0.05) is 30.3 Å². The molecule has 1 aromatic rings. The van der Waals surface area contributed by atoms with Crippen molar-refractivity contribution >= 4 is 37.4 Å². The molecule has 0 unspecified atom stereocenters. The first-order valence-electron chi connectivity index (χ1n) is 3.50. The average molecular weight is 194 g/mol. The van der Waals surface area contributed by atoms with E-state index >= 15 is 0 Å². The van der Waals surface area contributed by atoms with Gasteiger partial charge in [0.05, 0.1) is 4.20 Å². The summed E-state index contributed by atoms with van der Waals surface area (Å²) in [6, 6.07) is 9.96. The van der Waals surface area contributed by atoms with E-state index in [-0.39, 0.29) is 5.12 Å². The number of carbonyl (C=O) groups is 1. The molecule has 0 spiro atoms. The van der Waals surface area contributed by atoms with Crippen LogP contribution >= 0.6 is 22.7 Å². The van der Waals surface area contributed by atoms with Gasteiger partial charge in [0.15, 0.2) is 0 Å². The second-order valence-electron chi connectivity index (χ2n) is 2.31. The minimum absolute atomic E-state index is 0.138. The molecule has 1 aliphatic rings. The lowest BCUT2D eigenvalue weighted by Gasteiger charge is -1.96. The Morgan fingerprint density at radius 2 is 1.83 bits per heavy atom. The van der Waals surface area contributed by atoms with Crippen molar-refractivity contribution in [2.24, 2.45) is 0 Å². The van der Waals surface area contributed by atoms with E-state index in [1.54, 1.807) is 5.37 Å². The van der Waals surface area contributed by atoms with Crippen LogP contribution in [0.2, 0.25) is 0 Å². The van der Waals surface area contributed by atoms with Gasteiger partial charge in [-0.05, 0) is 17.3 Å². The summed E-state index contributed by atoms with van der Waals surface area (Å²) < 4.78 is 1.08. The summed E-state index contributed by atoms with van der Waals surface area (Å²) in [5.41, 5.74) is 1.13. The summed E-state index contributed by atoms with van der Waals surface area (Å²) in [4.78, 5) is 10.9. The Morgan fingerprint density at radius 3 is 2.42 bits per heavy atom. The number of thioether (sulfide) groups is 1. The van der Waals surface area contributed by atoms with E-state index in [9.17, 15) is 4.79 Å². The Balaban J connectivity index is 2.35. The standard InChI is InChI=1S/C9H6OS2/c10-8-6-11-9(12-8)7-4-2-1-3-5-7/h1-6H. The van der Waals surface area contributed by atoms with Crippen molar-refractivity contribution in [3.05, 3.63) is 35.9 Å². The highest BCUT2D eigenvalue weighted by molar-refractivity contribution is 8.41. The first-order chi connectivity index (χ1) is 5.86. The minimum atomic E-state index is 0.138. The summed E-state index contributed by atoms with van der Waals surface area (Å²) in [6.45, 7) is 0. The predicted octanol–water partition coefficient (Wildman–Crippen LogP) is 1.97. The number of hydrogen-bond acceptors (Lipinski definition) is 2. The molecule has 0 atom stereocenters. The van der Waals surface area contributed by atoms with Gasteiger partial charge in [-0.2, -0.15) is 0 Å². The fourth-order valence-corrected chi connectivity index (χ4v) is 2.77. The molecule has 1 aliphatic heterocycles. The summed E-state index contributed by atoms with van der Waals surface area (Å²) in [6.07, 6.45) is 0. The normalized spacial score (nSPS) is 15.7. The molecular weight excluding hydrogens is 188 g/mol. The molecule has 2 rings (SSSR count). The lowest BCUT2D eigenvalue weighted by Crippen LogP contribution is -1.92. The number of carbonyl (C=O) groups excluding carboxylic acids is 1. The molecule has 1 heterocycles.